The third-order valence-corrected chi connectivity index (χ3v) is 3.33. The Morgan fingerprint density at radius 3 is 2.40 bits per heavy atom. The van der Waals surface area contributed by atoms with Gasteiger partial charge in [-0.25, -0.2) is 4.79 Å². The van der Waals surface area contributed by atoms with Crippen molar-refractivity contribution in [3.05, 3.63) is 33.2 Å². The number of esters is 1. The van der Waals surface area contributed by atoms with Crippen LogP contribution in [0.2, 0.25) is 0 Å². The number of carbonyl (C=O) groups excluding carboxylic acids is 1. The van der Waals surface area contributed by atoms with Crippen LogP contribution in [0.1, 0.15) is 55.7 Å². The molecule has 1 aromatic rings. The van der Waals surface area contributed by atoms with E-state index in [1.54, 1.807) is 18.4 Å². The van der Waals surface area contributed by atoms with Gasteiger partial charge in [-0.3, -0.25) is 4.79 Å². The van der Waals surface area contributed by atoms with Crippen LogP contribution in [0.5, 0.6) is 0 Å². The van der Waals surface area contributed by atoms with Gasteiger partial charge in [0.15, 0.2) is 0 Å². The highest BCUT2D eigenvalue weighted by molar-refractivity contribution is 5.92. The van der Waals surface area contributed by atoms with E-state index < -0.39 is 0 Å². The van der Waals surface area contributed by atoms with Gasteiger partial charge in [-0.15, -0.1) is 0 Å². The van der Waals surface area contributed by atoms with E-state index in [2.05, 4.69) is 20.8 Å². The molecule has 0 atom stereocenters. The molecular formula is C16H25NO3. The number of aryl methyl sites for hydroxylation is 1. The fourth-order valence-electron chi connectivity index (χ4n) is 2.16. The van der Waals surface area contributed by atoms with Crippen molar-refractivity contribution in [3.63, 3.8) is 0 Å². The van der Waals surface area contributed by atoms with Crippen LogP contribution in [-0.2, 0) is 11.3 Å². The van der Waals surface area contributed by atoms with E-state index >= 15 is 0 Å². The van der Waals surface area contributed by atoms with Crippen molar-refractivity contribution in [1.82, 2.24) is 4.57 Å². The summed E-state index contributed by atoms with van der Waals surface area (Å²) in [6.45, 7) is 12.7. The smallest absolute Gasteiger partial charge is 0.340 e. The first-order chi connectivity index (χ1) is 9.17. The molecule has 0 aliphatic rings. The van der Waals surface area contributed by atoms with Crippen molar-refractivity contribution in [3.8, 4) is 0 Å². The average Bonchev–Trinajstić information content (AvgIpc) is 2.26. The third kappa shape index (κ3) is 3.95. The number of aromatic nitrogens is 1. The molecule has 20 heavy (non-hydrogen) atoms. The number of ether oxygens (including phenoxy) is 1. The first kappa shape index (κ1) is 16.5. The number of rotatable bonds is 4. The summed E-state index contributed by atoms with van der Waals surface area (Å²) in [5, 5.41) is 0. The van der Waals surface area contributed by atoms with Gasteiger partial charge in [0.2, 0.25) is 0 Å². The van der Waals surface area contributed by atoms with Gasteiger partial charge in [-0.2, -0.15) is 0 Å². The van der Waals surface area contributed by atoms with E-state index in [0.717, 1.165) is 6.42 Å². The molecule has 0 bridgehead atoms. The molecule has 0 N–H and O–H groups in total. The Bertz CT molecular complexity index is 550. The topological polar surface area (TPSA) is 48.3 Å². The van der Waals surface area contributed by atoms with Crippen LogP contribution in [0, 0.1) is 19.3 Å². The van der Waals surface area contributed by atoms with Gasteiger partial charge >= 0.3 is 5.97 Å². The quantitative estimate of drug-likeness (QED) is 0.796. The zero-order chi connectivity index (χ0) is 15.5. The van der Waals surface area contributed by atoms with Crippen molar-refractivity contribution < 1.29 is 9.53 Å². The van der Waals surface area contributed by atoms with E-state index in [-0.39, 0.29) is 16.9 Å². The first-order valence-electron chi connectivity index (χ1n) is 7.05. The molecule has 0 amide bonds. The fourth-order valence-corrected chi connectivity index (χ4v) is 2.16. The van der Waals surface area contributed by atoms with Crippen LogP contribution >= 0.6 is 0 Å². The van der Waals surface area contributed by atoms with Crippen LogP contribution in [-0.4, -0.2) is 17.1 Å². The maximum atomic E-state index is 12.1. The molecule has 0 spiro atoms. The Hall–Kier alpha value is -1.58. The molecule has 0 radical (unpaired) electrons. The molecule has 1 heterocycles. The summed E-state index contributed by atoms with van der Waals surface area (Å²) in [7, 11) is 0. The van der Waals surface area contributed by atoms with E-state index in [9.17, 15) is 9.59 Å². The van der Waals surface area contributed by atoms with Crippen LogP contribution < -0.4 is 5.56 Å². The number of nitrogens with zero attached hydrogens (tertiary/aromatic N) is 1. The molecule has 0 fully saturated rings. The van der Waals surface area contributed by atoms with Gasteiger partial charge in [0.1, 0.15) is 0 Å². The fraction of sp³-hybridized carbons (Fsp3) is 0.625. The molecule has 1 rings (SSSR count). The summed E-state index contributed by atoms with van der Waals surface area (Å²) >= 11 is 0. The molecule has 0 unspecified atom stereocenters. The van der Waals surface area contributed by atoms with Crippen molar-refractivity contribution >= 4 is 5.97 Å². The number of pyridine rings is 1. The lowest BCUT2D eigenvalue weighted by Gasteiger charge is -2.21. The third-order valence-electron chi connectivity index (χ3n) is 3.33. The first-order valence-corrected chi connectivity index (χ1v) is 7.05. The largest absolute Gasteiger partial charge is 0.462 e. The normalized spacial score (nSPS) is 11.5. The second kappa shape index (κ2) is 6.25. The minimum atomic E-state index is -0.355. The minimum Gasteiger partial charge on any atom is -0.462 e. The summed E-state index contributed by atoms with van der Waals surface area (Å²) in [4.78, 5) is 24.1. The van der Waals surface area contributed by atoms with Crippen LogP contribution in [0.4, 0.5) is 0 Å². The summed E-state index contributed by atoms with van der Waals surface area (Å²) in [6.07, 6.45) is 0.874. The Morgan fingerprint density at radius 2 is 1.90 bits per heavy atom. The molecule has 0 aromatic carbocycles. The van der Waals surface area contributed by atoms with Gasteiger partial charge < -0.3 is 9.30 Å². The lowest BCUT2D eigenvalue weighted by Crippen LogP contribution is -2.27. The Balaban J connectivity index is 3.22. The van der Waals surface area contributed by atoms with Gasteiger partial charge in [-0.1, -0.05) is 20.8 Å². The van der Waals surface area contributed by atoms with Crippen molar-refractivity contribution in [2.24, 2.45) is 5.41 Å². The highest BCUT2D eigenvalue weighted by atomic mass is 16.5. The molecular weight excluding hydrogens is 254 g/mol. The SMILES string of the molecule is CCOC(=O)c1c(C)cc(=O)n(CCC(C)(C)C)c1C. The summed E-state index contributed by atoms with van der Waals surface area (Å²) < 4.78 is 6.75. The molecule has 4 heteroatoms. The highest BCUT2D eigenvalue weighted by Gasteiger charge is 2.19. The van der Waals surface area contributed by atoms with Crippen LogP contribution in [0.15, 0.2) is 10.9 Å². The monoisotopic (exact) mass is 279 g/mol. The maximum Gasteiger partial charge on any atom is 0.340 e. The maximum absolute atomic E-state index is 12.1. The molecule has 1 aromatic heterocycles. The highest BCUT2D eigenvalue weighted by Crippen LogP contribution is 2.20. The molecule has 4 nitrogen and oxygen atoms in total. The molecule has 0 saturated heterocycles. The van der Waals surface area contributed by atoms with Gasteiger partial charge in [0.05, 0.1) is 12.2 Å². The van der Waals surface area contributed by atoms with E-state index in [1.165, 1.54) is 6.07 Å². The zero-order valence-electron chi connectivity index (χ0n) is 13.4. The van der Waals surface area contributed by atoms with Crippen molar-refractivity contribution in [2.45, 2.75) is 54.5 Å². The number of carbonyl (C=O) groups is 1. The van der Waals surface area contributed by atoms with Gasteiger partial charge in [0, 0.05) is 18.3 Å². The average molecular weight is 279 g/mol. The van der Waals surface area contributed by atoms with Crippen LogP contribution in [0.25, 0.3) is 0 Å². The summed E-state index contributed by atoms with van der Waals surface area (Å²) in [6, 6.07) is 1.52. The van der Waals surface area contributed by atoms with Crippen LogP contribution in [0.3, 0.4) is 0 Å². The molecule has 0 aliphatic carbocycles. The van der Waals surface area contributed by atoms with E-state index in [0.29, 0.717) is 30.0 Å². The van der Waals surface area contributed by atoms with Gasteiger partial charge in [0.25, 0.3) is 5.56 Å². The predicted molar refractivity (Wildman–Crippen MR) is 80.2 cm³/mol. The molecule has 0 saturated carbocycles. The molecule has 112 valence electrons. The molecule has 0 aliphatic heterocycles. The Morgan fingerprint density at radius 1 is 1.30 bits per heavy atom. The standard InChI is InChI=1S/C16H25NO3/c1-7-20-15(19)14-11(2)10-13(18)17(12(14)3)9-8-16(4,5)6/h10H,7-9H2,1-6H3. The number of hydrogen-bond donors (Lipinski definition) is 0. The lowest BCUT2D eigenvalue weighted by molar-refractivity contribution is 0.0523. The summed E-state index contributed by atoms with van der Waals surface area (Å²) in [5.41, 5.74) is 1.97. The van der Waals surface area contributed by atoms with Crippen molar-refractivity contribution in [1.29, 1.82) is 0 Å². The Kier molecular flexibility index (Phi) is 5.15. The van der Waals surface area contributed by atoms with E-state index in [4.69, 9.17) is 4.74 Å². The van der Waals surface area contributed by atoms with Crippen molar-refractivity contribution in [2.75, 3.05) is 6.61 Å². The second-order valence-electron chi connectivity index (χ2n) is 6.31. The Labute approximate surface area is 120 Å². The summed E-state index contributed by atoms with van der Waals surface area (Å²) in [5.74, 6) is -0.355. The second-order valence-corrected chi connectivity index (χ2v) is 6.31. The predicted octanol–water partition coefficient (Wildman–Crippen LogP) is 3.08. The minimum absolute atomic E-state index is 0.0581. The zero-order valence-corrected chi connectivity index (χ0v) is 13.4. The van der Waals surface area contributed by atoms with Gasteiger partial charge in [-0.05, 0) is 38.2 Å². The number of hydrogen-bond acceptors (Lipinski definition) is 3. The van der Waals surface area contributed by atoms with E-state index in [1.807, 2.05) is 6.92 Å². The lowest BCUT2D eigenvalue weighted by atomic mass is 9.92.